The molecule has 0 aliphatic carbocycles. The van der Waals surface area contributed by atoms with E-state index in [1.54, 1.807) is 0 Å². The van der Waals surface area contributed by atoms with Gasteiger partial charge in [0.05, 0.1) is 0 Å². The maximum absolute atomic E-state index is 11.9. The highest BCUT2D eigenvalue weighted by atomic mass is 79.9. The zero-order valence-corrected chi connectivity index (χ0v) is 9.89. The molecule has 1 aromatic rings. The molecule has 0 bridgehead atoms. The van der Waals surface area contributed by atoms with Crippen LogP contribution in [0.5, 0.6) is 0 Å². The van der Waals surface area contributed by atoms with Crippen molar-refractivity contribution in [1.82, 2.24) is 4.90 Å². The van der Waals surface area contributed by atoms with Gasteiger partial charge in [-0.05, 0) is 37.1 Å². The fraction of sp³-hybridized carbons (Fsp3) is 0.364. The summed E-state index contributed by atoms with van der Waals surface area (Å²) >= 11 is 3.45. The Balaban J connectivity index is 2.54. The van der Waals surface area contributed by atoms with E-state index >= 15 is 0 Å². The van der Waals surface area contributed by atoms with Gasteiger partial charge in [0, 0.05) is 23.1 Å². The molecular formula is C11H12BrNO. The number of benzene rings is 1. The van der Waals surface area contributed by atoms with Gasteiger partial charge in [-0.25, -0.2) is 0 Å². The Morgan fingerprint density at radius 2 is 2.21 bits per heavy atom. The summed E-state index contributed by atoms with van der Waals surface area (Å²) in [5, 5.41) is 0. The number of carbonyl (C=O) groups is 1. The SMILES string of the molecule is CCN1Cc2cc(Br)cc(C)c2C1=O. The Hall–Kier alpha value is -0.830. The fourth-order valence-corrected chi connectivity index (χ4v) is 2.55. The predicted octanol–water partition coefficient (Wildman–Crippen LogP) is 2.73. The molecule has 0 N–H and O–H groups in total. The van der Waals surface area contributed by atoms with Crippen LogP contribution >= 0.6 is 15.9 Å². The Morgan fingerprint density at radius 3 is 2.86 bits per heavy atom. The van der Waals surface area contributed by atoms with E-state index in [0.717, 1.165) is 34.3 Å². The van der Waals surface area contributed by atoms with Crippen molar-refractivity contribution in [3.8, 4) is 0 Å². The fourth-order valence-electron chi connectivity index (χ4n) is 1.93. The van der Waals surface area contributed by atoms with Gasteiger partial charge in [-0.2, -0.15) is 0 Å². The van der Waals surface area contributed by atoms with Crippen LogP contribution in [0.4, 0.5) is 0 Å². The van der Waals surface area contributed by atoms with Crippen molar-refractivity contribution in [2.45, 2.75) is 20.4 Å². The summed E-state index contributed by atoms with van der Waals surface area (Å²) in [4.78, 5) is 13.7. The largest absolute Gasteiger partial charge is 0.335 e. The number of fused-ring (bicyclic) bond motifs is 1. The molecule has 0 atom stereocenters. The number of hydrogen-bond donors (Lipinski definition) is 0. The summed E-state index contributed by atoms with van der Waals surface area (Å²) in [6.07, 6.45) is 0. The molecule has 0 spiro atoms. The number of aryl methyl sites for hydroxylation is 1. The number of carbonyl (C=O) groups excluding carboxylic acids is 1. The molecular weight excluding hydrogens is 242 g/mol. The normalized spacial score (nSPS) is 14.8. The van der Waals surface area contributed by atoms with Gasteiger partial charge in [0.15, 0.2) is 0 Å². The standard InChI is InChI=1S/C11H12BrNO/c1-3-13-6-8-5-9(12)4-7(2)10(8)11(13)14/h4-5H,3,6H2,1-2H3. The molecule has 1 heterocycles. The van der Waals surface area contributed by atoms with E-state index in [0.29, 0.717) is 0 Å². The molecule has 14 heavy (non-hydrogen) atoms. The second-order valence-electron chi connectivity index (χ2n) is 3.58. The summed E-state index contributed by atoms with van der Waals surface area (Å²) in [5.74, 6) is 0.174. The molecule has 1 amide bonds. The monoisotopic (exact) mass is 253 g/mol. The van der Waals surface area contributed by atoms with E-state index in [4.69, 9.17) is 0 Å². The van der Waals surface area contributed by atoms with E-state index < -0.39 is 0 Å². The van der Waals surface area contributed by atoms with Crippen LogP contribution in [0.25, 0.3) is 0 Å². The third kappa shape index (κ3) is 1.36. The molecule has 0 fully saturated rings. The van der Waals surface area contributed by atoms with Crippen LogP contribution in [0.2, 0.25) is 0 Å². The molecule has 0 saturated carbocycles. The van der Waals surface area contributed by atoms with Gasteiger partial charge in [-0.3, -0.25) is 4.79 Å². The smallest absolute Gasteiger partial charge is 0.254 e. The molecule has 3 heteroatoms. The minimum absolute atomic E-state index is 0.174. The van der Waals surface area contributed by atoms with Crippen molar-refractivity contribution in [1.29, 1.82) is 0 Å². The van der Waals surface area contributed by atoms with Crippen LogP contribution in [-0.2, 0) is 6.54 Å². The van der Waals surface area contributed by atoms with Gasteiger partial charge in [-0.1, -0.05) is 15.9 Å². The average molecular weight is 254 g/mol. The topological polar surface area (TPSA) is 20.3 Å². The number of hydrogen-bond acceptors (Lipinski definition) is 1. The van der Waals surface area contributed by atoms with Gasteiger partial charge in [0.25, 0.3) is 5.91 Å². The highest BCUT2D eigenvalue weighted by Gasteiger charge is 2.27. The molecule has 1 aromatic carbocycles. The van der Waals surface area contributed by atoms with Crippen LogP contribution in [0.3, 0.4) is 0 Å². The van der Waals surface area contributed by atoms with Gasteiger partial charge in [-0.15, -0.1) is 0 Å². The van der Waals surface area contributed by atoms with Crippen LogP contribution in [-0.4, -0.2) is 17.4 Å². The van der Waals surface area contributed by atoms with Crippen molar-refractivity contribution < 1.29 is 4.79 Å². The Morgan fingerprint density at radius 1 is 1.50 bits per heavy atom. The summed E-state index contributed by atoms with van der Waals surface area (Å²) in [6.45, 7) is 5.53. The molecule has 0 unspecified atom stereocenters. The number of rotatable bonds is 1. The zero-order chi connectivity index (χ0) is 10.3. The first-order valence-electron chi connectivity index (χ1n) is 4.71. The molecule has 0 radical (unpaired) electrons. The lowest BCUT2D eigenvalue weighted by atomic mass is 10.0. The van der Waals surface area contributed by atoms with Gasteiger partial charge in [0.1, 0.15) is 0 Å². The quantitative estimate of drug-likeness (QED) is 0.754. The molecule has 1 aliphatic heterocycles. The van der Waals surface area contributed by atoms with Crippen molar-refractivity contribution in [3.63, 3.8) is 0 Å². The lowest BCUT2D eigenvalue weighted by molar-refractivity contribution is 0.0786. The summed E-state index contributed by atoms with van der Waals surface area (Å²) in [6, 6.07) is 4.03. The molecule has 1 aliphatic rings. The maximum Gasteiger partial charge on any atom is 0.254 e. The molecule has 0 aromatic heterocycles. The first-order valence-corrected chi connectivity index (χ1v) is 5.51. The van der Waals surface area contributed by atoms with Crippen molar-refractivity contribution >= 4 is 21.8 Å². The van der Waals surface area contributed by atoms with Gasteiger partial charge in [0.2, 0.25) is 0 Å². The lowest BCUT2D eigenvalue weighted by Gasteiger charge is -2.11. The zero-order valence-electron chi connectivity index (χ0n) is 8.30. The summed E-state index contributed by atoms with van der Waals surface area (Å²) in [5.41, 5.74) is 3.11. The number of amides is 1. The maximum atomic E-state index is 11.9. The van der Waals surface area contributed by atoms with Crippen LogP contribution < -0.4 is 0 Å². The van der Waals surface area contributed by atoms with Crippen LogP contribution in [0.1, 0.15) is 28.4 Å². The third-order valence-corrected chi connectivity index (χ3v) is 3.08. The van der Waals surface area contributed by atoms with E-state index in [9.17, 15) is 4.79 Å². The average Bonchev–Trinajstić information content (AvgIpc) is 2.42. The Labute approximate surface area is 92.0 Å². The van der Waals surface area contributed by atoms with E-state index in [-0.39, 0.29) is 5.91 Å². The Kier molecular flexibility index (Phi) is 2.35. The molecule has 0 saturated heterocycles. The molecule has 74 valence electrons. The van der Waals surface area contributed by atoms with E-state index in [2.05, 4.69) is 15.9 Å². The van der Waals surface area contributed by atoms with Crippen molar-refractivity contribution in [2.24, 2.45) is 0 Å². The first-order chi connectivity index (χ1) is 6.63. The number of nitrogens with zero attached hydrogens (tertiary/aromatic N) is 1. The van der Waals surface area contributed by atoms with Crippen molar-refractivity contribution in [2.75, 3.05) is 6.54 Å². The lowest BCUT2D eigenvalue weighted by Crippen LogP contribution is -2.23. The summed E-state index contributed by atoms with van der Waals surface area (Å²) in [7, 11) is 0. The summed E-state index contributed by atoms with van der Waals surface area (Å²) < 4.78 is 1.06. The first kappa shape index (κ1) is 9.71. The molecule has 2 nitrogen and oxygen atoms in total. The highest BCUT2D eigenvalue weighted by molar-refractivity contribution is 9.10. The van der Waals surface area contributed by atoms with E-state index in [1.807, 2.05) is 30.9 Å². The van der Waals surface area contributed by atoms with E-state index in [1.165, 1.54) is 0 Å². The van der Waals surface area contributed by atoms with Crippen molar-refractivity contribution in [3.05, 3.63) is 33.3 Å². The van der Waals surface area contributed by atoms with Gasteiger partial charge >= 0.3 is 0 Å². The number of halogens is 1. The minimum Gasteiger partial charge on any atom is -0.335 e. The van der Waals surface area contributed by atoms with Crippen LogP contribution in [0, 0.1) is 6.92 Å². The van der Waals surface area contributed by atoms with Gasteiger partial charge < -0.3 is 4.90 Å². The third-order valence-electron chi connectivity index (χ3n) is 2.63. The Bertz CT molecular complexity index is 401. The highest BCUT2D eigenvalue weighted by Crippen LogP contribution is 2.28. The molecule has 2 rings (SSSR count). The second kappa shape index (κ2) is 3.39. The predicted molar refractivity (Wildman–Crippen MR) is 59.3 cm³/mol. The second-order valence-corrected chi connectivity index (χ2v) is 4.49. The van der Waals surface area contributed by atoms with Crippen LogP contribution in [0.15, 0.2) is 16.6 Å². The minimum atomic E-state index is 0.174.